The molecule has 0 aromatic heterocycles. The van der Waals surface area contributed by atoms with Gasteiger partial charge < -0.3 is 16.4 Å². The number of non-ortho nitro benzene ring substituents is 1. The Kier molecular flexibility index (Phi) is 6.74. The highest BCUT2D eigenvalue weighted by Gasteiger charge is 2.15. The molecule has 156 valence electrons. The molecule has 3 aromatic carbocycles. The maximum absolute atomic E-state index is 12.8. The summed E-state index contributed by atoms with van der Waals surface area (Å²) in [5.74, 6) is -0.960. The number of nitrogens with zero attached hydrogens (tertiary/aromatic N) is 1. The zero-order valence-corrected chi connectivity index (χ0v) is 16.4. The summed E-state index contributed by atoms with van der Waals surface area (Å²) in [6, 6.07) is 21.2. The van der Waals surface area contributed by atoms with Crippen LogP contribution >= 0.6 is 0 Å². The van der Waals surface area contributed by atoms with Crippen LogP contribution < -0.4 is 16.4 Å². The van der Waals surface area contributed by atoms with E-state index in [1.807, 2.05) is 6.07 Å². The molecule has 3 aromatic rings. The molecule has 2 amide bonds. The number of anilines is 1. The summed E-state index contributed by atoms with van der Waals surface area (Å²) < 4.78 is 0. The van der Waals surface area contributed by atoms with Crippen LogP contribution in [0.2, 0.25) is 0 Å². The minimum Gasteiger partial charge on any atom is -0.399 e. The topological polar surface area (TPSA) is 127 Å². The fourth-order valence-corrected chi connectivity index (χ4v) is 2.78. The van der Waals surface area contributed by atoms with E-state index < -0.39 is 16.7 Å². The Morgan fingerprint density at radius 2 is 1.68 bits per heavy atom. The van der Waals surface area contributed by atoms with E-state index in [1.54, 1.807) is 48.5 Å². The fourth-order valence-electron chi connectivity index (χ4n) is 2.78. The van der Waals surface area contributed by atoms with E-state index >= 15 is 0 Å². The second-order valence-electron chi connectivity index (χ2n) is 6.65. The van der Waals surface area contributed by atoms with E-state index in [0.29, 0.717) is 16.8 Å². The lowest BCUT2D eigenvalue weighted by Crippen LogP contribution is -2.34. The minimum atomic E-state index is -0.510. The summed E-state index contributed by atoms with van der Waals surface area (Å²) in [6.45, 7) is 0.211. The summed E-state index contributed by atoms with van der Waals surface area (Å²) in [6.07, 6.45) is 1.46. The number of amides is 2. The normalized spacial score (nSPS) is 10.9. The molecule has 0 bridgehead atoms. The summed E-state index contributed by atoms with van der Waals surface area (Å²) in [7, 11) is 0. The van der Waals surface area contributed by atoms with Crippen molar-refractivity contribution in [2.75, 3.05) is 5.73 Å². The predicted molar refractivity (Wildman–Crippen MR) is 118 cm³/mol. The molecule has 0 fully saturated rings. The van der Waals surface area contributed by atoms with Crippen LogP contribution in [-0.4, -0.2) is 16.7 Å². The lowest BCUT2D eigenvalue weighted by molar-refractivity contribution is -0.384. The van der Waals surface area contributed by atoms with Crippen molar-refractivity contribution in [2.24, 2.45) is 0 Å². The van der Waals surface area contributed by atoms with Gasteiger partial charge in [0.1, 0.15) is 5.70 Å². The Bertz CT molecular complexity index is 1130. The first-order chi connectivity index (χ1) is 14.9. The Balaban J connectivity index is 1.82. The van der Waals surface area contributed by atoms with E-state index in [0.717, 1.165) is 5.56 Å². The molecule has 0 saturated heterocycles. The molecule has 8 heteroatoms. The van der Waals surface area contributed by atoms with E-state index in [4.69, 9.17) is 5.73 Å². The van der Waals surface area contributed by atoms with Gasteiger partial charge in [-0.2, -0.15) is 0 Å². The number of hydrogen-bond donors (Lipinski definition) is 3. The lowest BCUT2D eigenvalue weighted by Gasteiger charge is -2.12. The zero-order chi connectivity index (χ0) is 22.2. The van der Waals surface area contributed by atoms with Gasteiger partial charge in [-0.25, -0.2) is 0 Å². The van der Waals surface area contributed by atoms with Crippen LogP contribution in [0.25, 0.3) is 6.08 Å². The fraction of sp³-hybridized carbons (Fsp3) is 0.0435. The first kappa shape index (κ1) is 21.3. The molecule has 0 aliphatic heterocycles. The number of nitrogens with one attached hydrogen (secondary N) is 2. The second kappa shape index (κ2) is 9.84. The molecule has 0 aliphatic rings. The summed E-state index contributed by atoms with van der Waals surface area (Å²) in [5.41, 5.74) is 7.99. The molecule has 31 heavy (non-hydrogen) atoms. The van der Waals surface area contributed by atoms with Gasteiger partial charge in [-0.3, -0.25) is 19.7 Å². The smallest absolute Gasteiger partial charge is 0.269 e. The quantitative estimate of drug-likeness (QED) is 0.236. The van der Waals surface area contributed by atoms with Crippen molar-refractivity contribution >= 4 is 29.3 Å². The zero-order valence-electron chi connectivity index (χ0n) is 16.4. The van der Waals surface area contributed by atoms with Crippen molar-refractivity contribution in [3.05, 3.63) is 111 Å². The summed E-state index contributed by atoms with van der Waals surface area (Å²) >= 11 is 0. The van der Waals surface area contributed by atoms with Crippen LogP contribution in [0.4, 0.5) is 11.4 Å². The van der Waals surface area contributed by atoms with Gasteiger partial charge in [-0.05, 0) is 53.6 Å². The van der Waals surface area contributed by atoms with Gasteiger partial charge in [0.15, 0.2) is 0 Å². The van der Waals surface area contributed by atoms with Gasteiger partial charge in [-0.15, -0.1) is 0 Å². The van der Waals surface area contributed by atoms with Gasteiger partial charge in [0.2, 0.25) is 0 Å². The molecule has 0 heterocycles. The number of hydrogen-bond acceptors (Lipinski definition) is 5. The Hall–Kier alpha value is -4.46. The molecule has 3 rings (SSSR count). The third kappa shape index (κ3) is 6.01. The monoisotopic (exact) mass is 416 g/mol. The molecule has 0 radical (unpaired) electrons. The third-order valence-electron chi connectivity index (χ3n) is 4.35. The van der Waals surface area contributed by atoms with Crippen LogP contribution in [0.5, 0.6) is 0 Å². The van der Waals surface area contributed by atoms with Crippen LogP contribution in [0.1, 0.15) is 21.5 Å². The Morgan fingerprint density at radius 3 is 2.32 bits per heavy atom. The third-order valence-corrected chi connectivity index (χ3v) is 4.35. The molecular weight excluding hydrogens is 396 g/mol. The second-order valence-corrected chi connectivity index (χ2v) is 6.65. The molecule has 4 N–H and O–H groups in total. The predicted octanol–water partition coefficient (Wildman–Crippen LogP) is 3.26. The van der Waals surface area contributed by atoms with Gasteiger partial charge in [0.25, 0.3) is 17.5 Å². The Labute approximate surface area is 178 Å². The van der Waals surface area contributed by atoms with E-state index in [2.05, 4.69) is 10.6 Å². The minimum absolute atomic E-state index is 0.00612. The molecule has 0 unspecified atom stereocenters. The lowest BCUT2D eigenvalue weighted by atomic mass is 10.1. The molecular formula is C23H20N4O4. The van der Waals surface area contributed by atoms with E-state index in [9.17, 15) is 19.7 Å². The van der Waals surface area contributed by atoms with Gasteiger partial charge >= 0.3 is 0 Å². The first-order valence-electron chi connectivity index (χ1n) is 9.37. The number of nitrogens with two attached hydrogens (primary N) is 1. The summed E-state index contributed by atoms with van der Waals surface area (Å²) in [5, 5.41) is 16.2. The number of carbonyl (C=O) groups is 2. The van der Waals surface area contributed by atoms with Crippen molar-refractivity contribution < 1.29 is 14.5 Å². The highest BCUT2D eigenvalue weighted by Crippen LogP contribution is 2.14. The molecule has 0 spiro atoms. The van der Waals surface area contributed by atoms with E-state index in [1.165, 1.54) is 30.3 Å². The van der Waals surface area contributed by atoms with Crippen molar-refractivity contribution in [3.8, 4) is 0 Å². The van der Waals surface area contributed by atoms with Crippen molar-refractivity contribution in [2.45, 2.75) is 6.54 Å². The van der Waals surface area contributed by atoms with Crippen molar-refractivity contribution in [1.29, 1.82) is 0 Å². The number of nitrogen functional groups attached to an aromatic ring is 1. The maximum atomic E-state index is 12.8. The average Bonchev–Trinajstić information content (AvgIpc) is 2.78. The number of rotatable bonds is 7. The standard InChI is InChI=1S/C23H20N4O4/c24-19-8-4-5-17(13-19)15-25-23(29)21(26-22(28)18-6-2-1-3-7-18)14-16-9-11-20(12-10-16)27(30)31/h1-14H,15,24H2,(H,25,29)(H,26,28). The van der Waals surface area contributed by atoms with Gasteiger partial charge in [0, 0.05) is 29.9 Å². The van der Waals surface area contributed by atoms with Gasteiger partial charge in [0.05, 0.1) is 4.92 Å². The maximum Gasteiger partial charge on any atom is 0.269 e. The SMILES string of the molecule is Nc1cccc(CNC(=O)C(=Cc2ccc([N+](=O)[O-])cc2)NC(=O)c2ccccc2)c1. The molecule has 0 aliphatic carbocycles. The number of nitro groups is 1. The van der Waals surface area contributed by atoms with E-state index in [-0.39, 0.29) is 17.9 Å². The Morgan fingerprint density at radius 1 is 0.968 bits per heavy atom. The number of nitro benzene ring substituents is 1. The highest BCUT2D eigenvalue weighted by atomic mass is 16.6. The van der Waals surface area contributed by atoms with Crippen LogP contribution in [-0.2, 0) is 11.3 Å². The largest absolute Gasteiger partial charge is 0.399 e. The summed E-state index contributed by atoms with van der Waals surface area (Å²) in [4.78, 5) is 35.7. The molecule has 0 saturated carbocycles. The first-order valence-corrected chi connectivity index (χ1v) is 9.37. The molecule has 8 nitrogen and oxygen atoms in total. The number of benzene rings is 3. The number of carbonyl (C=O) groups excluding carboxylic acids is 2. The van der Waals surface area contributed by atoms with Crippen molar-refractivity contribution in [3.63, 3.8) is 0 Å². The van der Waals surface area contributed by atoms with Crippen LogP contribution in [0.3, 0.4) is 0 Å². The van der Waals surface area contributed by atoms with Crippen LogP contribution in [0.15, 0.2) is 84.6 Å². The van der Waals surface area contributed by atoms with Crippen molar-refractivity contribution in [1.82, 2.24) is 10.6 Å². The highest BCUT2D eigenvalue weighted by molar-refractivity contribution is 6.05. The van der Waals surface area contributed by atoms with Gasteiger partial charge in [-0.1, -0.05) is 30.3 Å². The average molecular weight is 416 g/mol. The molecule has 0 atom stereocenters. The van der Waals surface area contributed by atoms with Crippen LogP contribution in [0, 0.1) is 10.1 Å².